The summed E-state index contributed by atoms with van der Waals surface area (Å²) < 4.78 is 5.48. The van der Waals surface area contributed by atoms with E-state index in [9.17, 15) is 9.59 Å². The van der Waals surface area contributed by atoms with Crippen LogP contribution in [0.15, 0.2) is 24.3 Å². The van der Waals surface area contributed by atoms with Gasteiger partial charge in [0.1, 0.15) is 12.4 Å². The van der Waals surface area contributed by atoms with Crippen molar-refractivity contribution in [2.75, 3.05) is 26.2 Å². The molecule has 1 heterocycles. The van der Waals surface area contributed by atoms with Crippen molar-refractivity contribution in [3.8, 4) is 17.6 Å². The minimum absolute atomic E-state index is 0.0628. The van der Waals surface area contributed by atoms with E-state index >= 15 is 0 Å². The van der Waals surface area contributed by atoms with Gasteiger partial charge in [-0.3, -0.25) is 9.69 Å². The molecule has 0 radical (unpaired) electrons. The number of benzene rings is 1. The van der Waals surface area contributed by atoms with Gasteiger partial charge in [0, 0.05) is 5.56 Å². The van der Waals surface area contributed by atoms with E-state index in [1.165, 1.54) is 0 Å². The Morgan fingerprint density at radius 2 is 2.05 bits per heavy atom. The lowest BCUT2D eigenvalue weighted by atomic mass is 10.2. The zero-order valence-electron chi connectivity index (χ0n) is 10.9. The Morgan fingerprint density at radius 3 is 2.65 bits per heavy atom. The summed E-state index contributed by atoms with van der Waals surface area (Å²) in [5, 5.41) is 2.45. The van der Waals surface area contributed by atoms with Gasteiger partial charge in [-0.2, -0.15) is 0 Å². The minimum atomic E-state index is -0.369. The third-order valence-electron chi connectivity index (χ3n) is 2.71. The molecule has 1 aromatic carbocycles. The lowest BCUT2D eigenvalue weighted by Crippen LogP contribution is -2.34. The third-order valence-corrected chi connectivity index (χ3v) is 2.71. The molecule has 1 saturated heterocycles. The van der Waals surface area contributed by atoms with E-state index in [2.05, 4.69) is 17.2 Å². The van der Waals surface area contributed by atoms with Gasteiger partial charge in [-0.25, -0.2) is 4.79 Å². The highest BCUT2D eigenvalue weighted by Crippen LogP contribution is 2.11. The van der Waals surface area contributed by atoms with Crippen LogP contribution in [0.4, 0.5) is 4.79 Å². The van der Waals surface area contributed by atoms with Gasteiger partial charge in [0.25, 0.3) is 0 Å². The Morgan fingerprint density at radius 1 is 1.30 bits per heavy atom. The molecular weight excluding hydrogens is 258 g/mol. The number of amides is 3. The molecule has 0 spiro atoms. The zero-order valence-corrected chi connectivity index (χ0v) is 10.9. The van der Waals surface area contributed by atoms with Crippen LogP contribution in [-0.4, -0.2) is 43.1 Å². The number of hydrogen-bond donors (Lipinski definition) is 2. The predicted octanol–water partition coefficient (Wildman–Crippen LogP) is -0.0726. The topological polar surface area (TPSA) is 84.7 Å². The molecular formula is C14H15N3O3. The van der Waals surface area contributed by atoms with E-state index in [0.717, 1.165) is 10.5 Å². The van der Waals surface area contributed by atoms with E-state index < -0.39 is 0 Å². The van der Waals surface area contributed by atoms with Crippen molar-refractivity contribution in [1.29, 1.82) is 0 Å². The molecule has 1 aliphatic rings. The molecule has 6 heteroatoms. The first kappa shape index (κ1) is 13.9. The van der Waals surface area contributed by atoms with E-state index in [4.69, 9.17) is 10.5 Å². The fraction of sp³-hybridized carbons (Fsp3) is 0.286. The van der Waals surface area contributed by atoms with Crippen molar-refractivity contribution in [2.24, 2.45) is 5.73 Å². The van der Waals surface area contributed by atoms with Gasteiger partial charge in [0.15, 0.2) is 0 Å². The van der Waals surface area contributed by atoms with Crippen LogP contribution in [0.25, 0.3) is 0 Å². The highest BCUT2D eigenvalue weighted by molar-refractivity contribution is 6.01. The molecule has 1 aromatic rings. The van der Waals surface area contributed by atoms with Gasteiger partial charge < -0.3 is 15.8 Å². The van der Waals surface area contributed by atoms with Gasteiger partial charge in [0.2, 0.25) is 5.91 Å². The van der Waals surface area contributed by atoms with Crippen molar-refractivity contribution >= 4 is 11.9 Å². The second kappa shape index (κ2) is 6.59. The number of nitrogens with two attached hydrogens (primary N) is 1. The van der Waals surface area contributed by atoms with E-state index in [1.54, 1.807) is 12.1 Å². The van der Waals surface area contributed by atoms with Crippen molar-refractivity contribution in [3.05, 3.63) is 29.8 Å². The second-order valence-electron chi connectivity index (χ2n) is 4.08. The van der Waals surface area contributed by atoms with Gasteiger partial charge in [-0.15, -0.1) is 0 Å². The van der Waals surface area contributed by atoms with Crippen LogP contribution in [0, 0.1) is 11.8 Å². The second-order valence-corrected chi connectivity index (χ2v) is 4.08. The van der Waals surface area contributed by atoms with E-state index in [-0.39, 0.29) is 31.6 Å². The normalized spacial score (nSPS) is 13.8. The highest BCUT2D eigenvalue weighted by atomic mass is 16.5. The summed E-state index contributed by atoms with van der Waals surface area (Å²) in [6.45, 7) is 0.879. The minimum Gasteiger partial charge on any atom is -0.492 e. The van der Waals surface area contributed by atoms with E-state index in [1.807, 2.05) is 12.1 Å². The molecule has 3 amide bonds. The summed E-state index contributed by atoms with van der Waals surface area (Å²) in [6.07, 6.45) is 0. The number of nitrogens with zero attached hydrogens (tertiary/aromatic N) is 1. The van der Waals surface area contributed by atoms with Crippen molar-refractivity contribution in [1.82, 2.24) is 10.2 Å². The Bertz CT molecular complexity index is 541. The molecule has 0 unspecified atom stereocenters. The molecule has 1 fully saturated rings. The first-order chi connectivity index (χ1) is 9.70. The maximum atomic E-state index is 11.3. The van der Waals surface area contributed by atoms with Gasteiger partial charge in [-0.05, 0) is 24.3 Å². The van der Waals surface area contributed by atoms with Crippen LogP contribution < -0.4 is 15.8 Å². The van der Waals surface area contributed by atoms with Crippen LogP contribution in [-0.2, 0) is 4.79 Å². The van der Waals surface area contributed by atoms with Gasteiger partial charge in [-0.1, -0.05) is 11.8 Å². The number of carbonyl (C=O) groups excluding carboxylic acids is 2. The number of ether oxygens (including phenoxy) is 1. The van der Waals surface area contributed by atoms with Crippen LogP contribution >= 0.6 is 0 Å². The summed E-state index contributed by atoms with van der Waals surface area (Å²) in [5.41, 5.74) is 6.15. The first-order valence-electron chi connectivity index (χ1n) is 6.20. The molecule has 20 heavy (non-hydrogen) atoms. The summed E-state index contributed by atoms with van der Waals surface area (Å²) in [4.78, 5) is 23.8. The predicted molar refractivity (Wildman–Crippen MR) is 73.0 cm³/mol. The average molecular weight is 273 g/mol. The SMILES string of the molecule is NCC#Cc1ccc(OCCN2C(=O)CNC2=O)cc1. The fourth-order valence-electron chi connectivity index (χ4n) is 1.72. The smallest absolute Gasteiger partial charge is 0.324 e. The Balaban J connectivity index is 1.82. The quantitative estimate of drug-likeness (QED) is 0.594. The van der Waals surface area contributed by atoms with Crippen LogP contribution in [0.5, 0.6) is 5.75 Å². The van der Waals surface area contributed by atoms with Gasteiger partial charge in [0.05, 0.1) is 19.6 Å². The first-order valence-corrected chi connectivity index (χ1v) is 6.20. The summed E-state index contributed by atoms with van der Waals surface area (Å²) in [7, 11) is 0. The van der Waals surface area contributed by atoms with Crippen LogP contribution in [0.1, 0.15) is 5.56 Å². The van der Waals surface area contributed by atoms with Crippen molar-refractivity contribution in [3.63, 3.8) is 0 Å². The molecule has 1 aliphatic heterocycles. The van der Waals surface area contributed by atoms with Crippen LogP contribution in [0.2, 0.25) is 0 Å². The Kier molecular flexibility index (Phi) is 4.58. The molecule has 6 nitrogen and oxygen atoms in total. The summed E-state index contributed by atoms with van der Waals surface area (Å²) >= 11 is 0. The Hall–Kier alpha value is -2.52. The number of imide groups is 1. The maximum Gasteiger partial charge on any atom is 0.324 e. The Labute approximate surface area is 116 Å². The standard InChI is InChI=1S/C14H15N3O3/c15-7-1-2-11-3-5-12(6-4-11)20-9-8-17-13(18)10-16-14(17)19/h3-6H,7-10,15H2,(H,16,19). The molecule has 0 atom stereocenters. The zero-order chi connectivity index (χ0) is 14.4. The monoisotopic (exact) mass is 273 g/mol. The summed E-state index contributed by atoms with van der Waals surface area (Å²) in [6, 6.07) is 6.85. The molecule has 3 N–H and O–H groups in total. The van der Waals surface area contributed by atoms with E-state index in [0.29, 0.717) is 12.3 Å². The number of nitrogens with one attached hydrogen (secondary N) is 1. The fourth-order valence-corrected chi connectivity index (χ4v) is 1.72. The van der Waals surface area contributed by atoms with Crippen molar-refractivity contribution in [2.45, 2.75) is 0 Å². The molecule has 0 aromatic heterocycles. The number of carbonyl (C=O) groups is 2. The van der Waals surface area contributed by atoms with Crippen LogP contribution in [0.3, 0.4) is 0 Å². The summed E-state index contributed by atoms with van der Waals surface area (Å²) in [5.74, 6) is 6.10. The average Bonchev–Trinajstić information content (AvgIpc) is 2.78. The molecule has 2 rings (SSSR count). The molecule has 0 aliphatic carbocycles. The maximum absolute atomic E-state index is 11.3. The lowest BCUT2D eigenvalue weighted by Gasteiger charge is -2.12. The number of hydrogen-bond acceptors (Lipinski definition) is 4. The number of urea groups is 1. The van der Waals surface area contributed by atoms with Gasteiger partial charge >= 0.3 is 6.03 Å². The lowest BCUT2D eigenvalue weighted by molar-refractivity contribution is -0.125. The number of rotatable bonds is 4. The highest BCUT2D eigenvalue weighted by Gasteiger charge is 2.27. The molecule has 0 saturated carbocycles. The largest absolute Gasteiger partial charge is 0.492 e. The van der Waals surface area contributed by atoms with Crippen molar-refractivity contribution < 1.29 is 14.3 Å². The third kappa shape index (κ3) is 3.49. The molecule has 104 valence electrons. The molecule has 0 bridgehead atoms.